The molecule has 0 aromatic heterocycles. The minimum absolute atomic E-state index is 0.0142. The van der Waals surface area contributed by atoms with Gasteiger partial charge < -0.3 is 14.7 Å². The molecule has 1 amide bonds. The first-order chi connectivity index (χ1) is 12.1. The zero-order valence-electron chi connectivity index (χ0n) is 16.9. The number of hydrogen-bond acceptors (Lipinski definition) is 3. The van der Waals surface area contributed by atoms with Crippen LogP contribution in [0.25, 0.3) is 0 Å². The molecule has 26 heavy (non-hydrogen) atoms. The van der Waals surface area contributed by atoms with Crippen molar-refractivity contribution in [3.05, 3.63) is 47.2 Å². The molecule has 1 aromatic carbocycles. The lowest BCUT2D eigenvalue weighted by atomic mass is 9.96. The first-order valence-corrected chi connectivity index (χ1v) is 9.11. The Hall–Kier alpha value is -2.25. The molecule has 0 spiro atoms. The van der Waals surface area contributed by atoms with Crippen LogP contribution in [0, 0.1) is 17.8 Å². The number of allylic oxidation sites excluding steroid dienone is 1. The number of nitrogens with zero attached hydrogens (tertiary/aromatic N) is 1. The van der Waals surface area contributed by atoms with Crippen molar-refractivity contribution in [2.45, 2.75) is 66.7 Å². The topological polar surface area (TPSA) is 49.8 Å². The molecule has 4 nitrogen and oxygen atoms in total. The maximum atomic E-state index is 12.7. The molecule has 0 fully saturated rings. The maximum Gasteiger partial charge on any atom is 0.416 e. The lowest BCUT2D eigenvalue weighted by Crippen LogP contribution is -2.42. The summed E-state index contributed by atoms with van der Waals surface area (Å²) in [7, 11) is 0. The van der Waals surface area contributed by atoms with E-state index in [2.05, 4.69) is 11.8 Å². The molecule has 1 aromatic rings. The zero-order valence-corrected chi connectivity index (χ0v) is 16.9. The molecule has 0 heterocycles. The number of ether oxygens (including phenoxy) is 1. The average Bonchev–Trinajstić information content (AvgIpc) is 2.57. The van der Waals surface area contributed by atoms with Crippen molar-refractivity contribution in [2.75, 3.05) is 0 Å². The van der Waals surface area contributed by atoms with Gasteiger partial charge in [-0.3, -0.25) is 0 Å². The van der Waals surface area contributed by atoms with Crippen LogP contribution in [0.2, 0.25) is 0 Å². The molecule has 0 saturated carbocycles. The van der Waals surface area contributed by atoms with Crippen LogP contribution in [0.5, 0.6) is 0 Å². The summed E-state index contributed by atoms with van der Waals surface area (Å²) in [6.45, 7) is 13.2. The quantitative estimate of drug-likeness (QED) is 0.620. The third-order valence-electron chi connectivity index (χ3n) is 4.37. The number of benzene rings is 1. The Bertz CT molecular complexity index is 670. The van der Waals surface area contributed by atoms with E-state index in [4.69, 9.17) is 4.74 Å². The van der Waals surface area contributed by atoms with Crippen LogP contribution in [0.4, 0.5) is 4.79 Å². The molecule has 0 aliphatic rings. The third-order valence-corrected chi connectivity index (χ3v) is 4.37. The number of carbonyl (C=O) groups excluding carboxylic acids is 1. The highest BCUT2D eigenvalue weighted by Crippen LogP contribution is 2.21. The van der Waals surface area contributed by atoms with E-state index >= 15 is 0 Å². The number of aliphatic hydroxyl groups is 1. The van der Waals surface area contributed by atoms with Crippen LogP contribution in [-0.4, -0.2) is 34.3 Å². The minimum atomic E-state index is -0.562. The maximum absolute atomic E-state index is 12.7. The van der Waals surface area contributed by atoms with E-state index in [1.807, 2.05) is 71.9 Å². The summed E-state index contributed by atoms with van der Waals surface area (Å²) in [6, 6.07) is 9.56. The molecule has 142 valence electrons. The SMILES string of the molecule is C/C(=C(\C#Cc1ccccc1)OC(=O)N(C(C)C)C(C)C)[C@@H](C)C(C)O. The second-order valence-corrected chi connectivity index (χ2v) is 7.12. The summed E-state index contributed by atoms with van der Waals surface area (Å²) >= 11 is 0. The van der Waals surface area contributed by atoms with Gasteiger partial charge in [0.2, 0.25) is 0 Å². The van der Waals surface area contributed by atoms with Crippen molar-refractivity contribution in [1.82, 2.24) is 4.90 Å². The third kappa shape index (κ3) is 6.24. The highest BCUT2D eigenvalue weighted by molar-refractivity contribution is 5.70. The Morgan fingerprint density at radius 2 is 1.58 bits per heavy atom. The molecule has 4 heteroatoms. The van der Waals surface area contributed by atoms with E-state index in [-0.39, 0.29) is 18.0 Å². The minimum Gasteiger partial charge on any atom is -0.401 e. The van der Waals surface area contributed by atoms with Gasteiger partial charge in [0.15, 0.2) is 5.76 Å². The van der Waals surface area contributed by atoms with Crippen molar-refractivity contribution in [2.24, 2.45) is 5.92 Å². The fourth-order valence-electron chi connectivity index (χ4n) is 2.58. The molecule has 0 aliphatic carbocycles. The van der Waals surface area contributed by atoms with Crippen molar-refractivity contribution < 1.29 is 14.6 Å². The lowest BCUT2D eigenvalue weighted by Gasteiger charge is -2.30. The van der Waals surface area contributed by atoms with Crippen molar-refractivity contribution in [3.8, 4) is 11.8 Å². The Kier molecular flexibility index (Phi) is 8.41. The van der Waals surface area contributed by atoms with Gasteiger partial charge in [-0.05, 0) is 65.2 Å². The Labute approximate surface area is 157 Å². The fourth-order valence-corrected chi connectivity index (χ4v) is 2.58. The normalized spacial score (nSPS) is 14.2. The Balaban J connectivity index is 3.23. The molecular formula is C22H31NO3. The van der Waals surface area contributed by atoms with E-state index in [1.54, 1.807) is 11.8 Å². The summed E-state index contributed by atoms with van der Waals surface area (Å²) in [5.41, 5.74) is 1.59. The molecule has 0 aliphatic heterocycles. The average molecular weight is 357 g/mol. The van der Waals surface area contributed by atoms with E-state index in [9.17, 15) is 9.90 Å². The lowest BCUT2D eigenvalue weighted by molar-refractivity contribution is 0.101. The summed E-state index contributed by atoms with van der Waals surface area (Å²) < 4.78 is 5.67. The molecule has 1 N–H and O–H groups in total. The van der Waals surface area contributed by atoms with E-state index < -0.39 is 12.2 Å². The van der Waals surface area contributed by atoms with Crippen LogP contribution >= 0.6 is 0 Å². The van der Waals surface area contributed by atoms with Crippen molar-refractivity contribution >= 4 is 6.09 Å². The van der Waals surface area contributed by atoms with Gasteiger partial charge in [0.25, 0.3) is 0 Å². The summed E-state index contributed by atoms with van der Waals surface area (Å²) in [5.74, 6) is 6.15. The summed E-state index contributed by atoms with van der Waals surface area (Å²) in [6.07, 6.45) is -0.988. The largest absolute Gasteiger partial charge is 0.416 e. The van der Waals surface area contributed by atoms with E-state index in [1.165, 1.54) is 0 Å². The number of hydrogen-bond donors (Lipinski definition) is 1. The van der Waals surface area contributed by atoms with Gasteiger partial charge in [0.1, 0.15) is 0 Å². The number of aliphatic hydroxyl groups excluding tert-OH is 1. The predicted molar refractivity (Wildman–Crippen MR) is 105 cm³/mol. The van der Waals surface area contributed by atoms with Gasteiger partial charge in [0.05, 0.1) is 6.10 Å². The second-order valence-electron chi connectivity index (χ2n) is 7.12. The van der Waals surface area contributed by atoms with Gasteiger partial charge in [-0.25, -0.2) is 4.79 Å². The molecule has 0 bridgehead atoms. The van der Waals surface area contributed by atoms with E-state index in [0.717, 1.165) is 11.1 Å². The summed E-state index contributed by atoms with van der Waals surface area (Å²) in [4.78, 5) is 14.4. The van der Waals surface area contributed by atoms with Crippen molar-refractivity contribution in [3.63, 3.8) is 0 Å². The zero-order chi connectivity index (χ0) is 19.9. The van der Waals surface area contributed by atoms with Crippen LogP contribution in [0.3, 0.4) is 0 Å². The van der Waals surface area contributed by atoms with Crippen LogP contribution in [0.1, 0.15) is 54.0 Å². The molecule has 2 atom stereocenters. The molecule has 1 rings (SSSR count). The fraction of sp³-hybridized carbons (Fsp3) is 0.500. The van der Waals surface area contributed by atoms with Crippen molar-refractivity contribution in [1.29, 1.82) is 0 Å². The molecular weight excluding hydrogens is 326 g/mol. The van der Waals surface area contributed by atoms with Gasteiger partial charge in [-0.2, -0.15) is 0 Å². The highest BCUT2D eigenvalue weighted by atomic mass is 16.6. The molecule has 0 saturated heterocycles. The summed E-state index contributed by atoms with van der Waals surface area (Å²) in [5, 5.41) is 9.91. The Morgan fingerprint density at radius 3 is 2.04 bits per heavy atom. The molecule has 1 unspecified atom stereocenters. The second kappa shape index (κ2) is 10.0. The predicted octanol–water partition coefficient (Wildman–Crippen LogP) is 4.58. The van der Waals surface area contributed by atoms with Crippen LogP contribution in [0.15, 0.2) is 41.7 Å². The Morgan fingerprint density at radius 1 is 1.04 bits per heavy atom. The first kappa shape index (κ1) is 21.8. The van der Waals surface area contributed by atoms with E-state index in [0.29, 0.717) is 5.76 Å². The highest BCUT2D eigenvalue weighted by Gasteiger charge is 2.24. The number of rotatable bonds is 5. The standard InChI is InChI=1S/C22H31NO3/c1-15(2)23(16(3)4)22(25)26-21(18(6)17(5)19(7)24)14-13-20-11-9-8-10-12-20/h8-12,15-17,19,24H,1-7H3/b21-18-/t17-,19?/m1/s1. The number of amides is 1. The van der Waals surface area contributed by atoms with Gasteiger partial charge in [-0.1, -0.05) is 31.0 Å². The monoisotopic (exact) mass is 357 g/mol. The van der Waals surface area contributed by atoms with Crippen LogP contribution in [-0.2, 0) is 4.74 Å². The first-order valence-electron chi connectivity index (χ1n) is 9.11. The number of carbonyl (C=O) groups is 1. The molecule has 0 radical (unpaired) electrons. The van der Waals surface area contributed by atoms with Gasteiger partial charge in [-0.15, -0.1) is 0 Å². The smallest absolute Gasteiger partial charge is 0.401 e. The van der Waals surface area contributed by atoms with Gasteiger partial charge >= 0.3 is 6.09 Å². The van der Waals surface area contributed by atoms with Crippen LogP contribution < -0.4 is 0 Å². The van der Waals surface area contributed by atoms with Gasteiger partial charge in [0, 0.05) is 23.6 Å².